The fourth-order valence-corrected chi connectivity index (χ4v) is 1.09. The highest BCUT2D eigenvalue weighted by atomic mass is 19.1. The van der Waals surface area contributed by atoms with Gasteiger partial charge in [-0.05, 0) is 12.1 Å². The summed E-state index contributed by atoms with van der Waals surface area (Å²) in [4.78, 5) is 0. The minimum Gasteiger partial charge on any atom is -0.482 e. The Morgan fingerprint density at radius 1 is 1.40 bits per heavy atom. The predicted molar refractivity (Wildman–Crippen MR) is 51.6 cm³/mol. The second kappa shape index (κ2) is 4.00. The smallest absolute Gasteiger partial charge is 0.196 e. The van der Waals surface area contributed by atoms with Gasteiger partial charge in [0.1, 0.15) is 0 Å². The van der Waals surface area contributed by atoms with Gasteiger partial charge in [0.25, 0.3) is 0 Å². The van der Waals surface area contributed by atoms with Gasteiger partial charge in [-0.25, -0.2) is 4.39 Å². The van der Waals surface area contributed by atoms with Gasteiger partial charge in [-0.3, -0.25) is 0 Å². The second-order valence-corrected chi connectivity index (χ2v) is 2.92. The maximum absolute atomic E-state index is 13.1. The fraction of sp³-hybridized carbons (Fsp3) is 0.100. The first kappa shape index (κ1) is 9.51. The standard InChI is InChI=1S/C10H9FN2O2/c11-7-3-1-2-4-9(7)14-6-10-8(12)5-13-15-10/h1-5H,6,12H2. The molecule has 0 saturated carbocycles. The Morgan fingerprint density at radius 2 is 2.20 bits per heavy atom. The van der Waals surface area contributed by atoms with Crippen molar-refractivity contribution in [3.8, 4) is 5.75 Å². The van der Waals surface area contributed by atoms with E-state index in [2.05, 4.69) is 5.16 Å². The van der Waals surface area contributed by atoms with Crippen LogP contribution in [0.4, 0.5) is 10.1 Å². The van der Waals surface area contributed by atoms with Crippen molar-refractivity contribution in [2.24, 2.45) is 0 Å². The molecule has 2 rings (SSSR count). The summed E-state index contributed by atoms with van der Waals surface area (Å²) in [6, 6.07) is 6.12. The molecule has 1 aromatic heterocycles. The van der Waals surface area contributed by atoms with Crippen LogP contribution in [0.15, 0.2) is 35.0 Å². The fourth-order valence-electron chi connectivity index (χ4n) is 1.09. The Kier molecular flexibility index (Phi) is 2.53. The number of para-hydroxylation sites is 1. The molecule has 0 fully saturated rings. The molecule has 0 atom stereocenters. The van der Waals surface area contributed by atoms with E-state index in [1.54, 1.807) is 12.1 Å². The molecule has 0 radical (unpaired) electrons. The highest BCUT2D eigenvalue weighted by Crippen LogP contribution is 2.18. The Balaban J connectivity index is 2.06. The Labute approximate surface area is 85.4 Å². The van der Waals surface area contributed by atoms with Crippen molar-refractivity contribution >= 4 is 5.69 Å². The lowest BCUT2D eigenvalue weighted by atomic mass is 10.3. The number of hydrogen-bond donors (Lipinski definition) is 1. The van der Waals surface area contributed by atoms with Crippen molar-refractivity contribution in [2.45, 2.75) is 6.61 Å². The first-order valence-electron chi connectivity index (χ1n) is 4.33. The highest BCUT2D eigenvalue weighted by Gasteiger charge is 2.07. The Bertz CT molecular complexity index is 456. The lowest BCUT2D eigenvalue weighted by Crippen LogP contribution is -1.98. The quantitative estimate of drug-likeness (QED) is 0.837. The van der Waals surface area contributed by atoms with E-state index in [0.717, 1.165) is 0 Å². The lowest BCUT2D eigenvalue weighted by molar-refractivity contribution is 0.241. The summed E-state index contributed by atoms with van der Waals surface area (Å²) >= 11 is 0. The van der Waals surface area contributed by atoms with Gasteiger partial charge < -0.3 is 15.0 Å². The first-order chi connectivity index (χ1) is 7.27. The number of rotatable bonds is 3. The summed E-state index contributed by atoms with van der Waals surface area (Å²) in [6.45, 7) is 0.0623. The minimum atomic E-state index is -0.421. The molecular weight excluding hydrogens is 199 g/mol. The molecule has 0 aliphatic heterocycles. The van der Waals surface area contributed by atoms with Crippen LogP contribution in [0.2, 0.25) is 0 Å². The molecule has 0 aliphatic rings. The van der Waals surface area contributed by atoms with Crippen LogP contribution in [0.3, 0.4) is 0 Å². The third kappa shape index (κ3) is 2.07. The molecule has 1 aromatic carbocycles. The molecule has 0 amide bonds. The molecule has 78 valence electrons. The SMILES string of the molecule is Nc1cnoc1COc1ccccc1F. The molecular formula is C10H9FN2O2. The van der Waals surface area contributed by atoms with Gasteiger partial charge in [0, 0.05) is 0 Å². The molecule has 15 heavy (non-hydrogen) atoms. The van der Waals surface area contributed by atoms with Crippen molar-refractivity contribution in [3.63, 3.8) is 0 Å². The number of nitrogens with zero attached hydrogens (tertiary/aromatic N) is 1. The van der Waals surface area contributed by atoms with E-state index in [1.165, 1.54) is 18.3 Å². The molecule has 0 spiro atoms. The summed E-state index contributed by atoms with van der Waals surface area (Å²) in [7, 11) is 0. The van der Waals surface area contributed by atoms with Crippen molar-refractivity contribution in [1.29, 1.82) is 0 Å². The van der Waals surface area contributed by atoms with E-state index in [4.69, 9.17) is 15.0 Å². The molecule has 4 nitrogen and oxygen atoms in total. The number of nitrogen functional groups attached to an aromatic ring is 1. The maximum atomic E-state index is 13.1. The zero-order valence-electron chi connectivity index (χ0n) is 7.81. The lowest BCUT2D eigenvalue weighted by Gasteiger charge is -2.04. The second-order valence-electron chi connectivity index (χ2n) is 2.92. The summed E-state index contributed by atoms with van der Waals surface area (Å²) in [5, 5.41) is 3.48. The van der Waals surface area contributed by atoms with E-state index < -0.39 is 5.82 Å². The number of anilines is 1. The van der Waals surface area contributed by atoms with Crippen molar-refractivity contribution in [3.05, 3.63) is 42.0 Å². The molecule has 1 heterocycles. The van der Waals surface area contributed by atoms with Gasteiger partial charge in [-0.2, -0.15) is 0 Å². The van der Waals surface area contributed by atoms with Crippen LogP contribution in [0.1, 0.15) is 5.76 Å². The number of halogens is 1. The molecule has 5 heteroatoms. The molecule has 0 aliphatic carbocycles. The van der Waals surface area contributed by atoms with Gasteiger partial charge in [0.15, 0.2) is 23.9 Å². The topological polar surface area (TPSA) is 61.3 Å². The monoisotopic (exact) mass is 208 g/mol. The zero-order valence-corrected chi connectivity index (χ0v) is 7.81. The summed E-state index contributed by atoms with van der Waals surface area (Å²) in [6.07, 6.45) is 1.38. The number of aromatic nitrogens is 1. The Morgan fingerprint density at radius 3 is 2.87 bits per heavy atom. The van der Waals surface area contributed by atoms with Crippen LogP contribution in [0.5, 0.6) is 5.75 Å². The largest absolute Gasteiger partial charge is 0.482 e. The average Bonchev–Trinajstić information content (AvgIpc) is 2.63. The molecule has 2 N–H and O–H groups in total. The number of ether oxygens (including phenoxy) is 1. The van der Waals surface area contributed by atoms with Gasteiger partial charge in [-0.1, -0.05) is 17.3 Å². The van der Waals surface area contributed by atoms with Crippen LogP contribution in [-0.4, -0.2) is 5.16 Å². The van der Waals surface area contributed by atoms with Gasteiger partial charge in [-0.15, -0.1) is 0 Å². The van der Waals surface area contributed by atoms with Crippen LogP contribution in [0.25, 0.3) is 0 Å². The van der Waals surface area contributed by atoms with Crippen LogP contribution >= 0.6 is 0 Å². The van der Waals surface area contributed by atoms with Crippen molar-refractivity contribution in [2.75, 3.05) is 5.73 Å². The molecule has 0 unspecified atom stereocenters. The highest BCUT2D eigenvalue weighted by molar-refractivity contribution is 5.37. The minimum absolute atomic E-state index is 0.0623. The van der Waals surface area contributed by atoms with Crippen LogP contribution < -0.4 is 10.5 Å². The van der Waals surface area contributed by atoms with Gasteiger partial charge in [0.05, 0.1) is 11.9 Å². The average molecular weight is 208 g/mol. The third-order valence-corrected chi connectivity index (χ3v) is 1.87. The summed E-state index contributed by atoms with van der Waals surface area (Å²) in [5.74, 6) is 0.127. The number of nitrogens with two attached hydrogens (primary N) is 1. The van der Waals surface area contributed by atoms with Gasteiger partial charge >= 0.3 is 0 Å². The predicted octanol–water partition coefficient (Wildman–Crippen LogP) is 1.97. The van der Waals surface area contributed by atoms with Crippen molar-refractivity contribution in [1.82, 2.24) is 5.16 Å². The maximum Gasteiger partial charge on any atom is 0.196 e. The van der Waals surface area contributed by atoms with Crippen LogP contribution in [-0.2, 0) is 6.61 Å². The van der Waals surface area contributed by atoms with E-state index in [1.807, 2.05) is 0 Å². The van der Waals surface area contributed by atoms with E-state index in [9.17, 15) is 4.39 Å². The summed E-state index contributed by atoms with van der Waals surface area (Å²) < 4.78 is 23.1. The molecule has 0 saturated heterocycles. The van der Waals surface area contributed by atoms with E-state index in [0.29, 0.717) is 11.4 Å². The van der Waals surface area contributed by atoms with Crippen LogP contribution in [0, 0.1) is 5.82 Å². The van der Waals surface area contributed by atoms with Gasteiger partial charge in [0.2, 0.25) is 0 Å². The first-order valence-corrected chi connectivity index (χ1v) is 4.33. The number of benzene rings is 1. The third-order valence-electron chi connectivity index (χ3n) is 1.87. The Hall–Kier alpha value is -2.04. The molecule has 0 bridgehead atoms. The van der Waals surface area contributed by atoms with E-state index >= 15 is 0 Å². The number of hydrogen-bond acceptors (Lipinski definition) is 4. The van der Waals surface area contributed by atoms with Crippen molar-refractivity contribution < 1.29 is 13.7 Å². The normalized spacial score (nSPS) is 10.2. The van der Waals surface area contributed by atoms with E-state index in [-0.39, 0.29) is 12.4 Å². The zero-order chi connectivity index (χ0) is 10.7. The summed E-state index contributed by atoms with van der Waals surface area (Å²) in [5.41, 5.74) is 5.91. The molecule has 2 aromatic rings.